The Morgan fingerprint density at radius 1 is 1.25 bits per heavy atom. The van der Waals surface area contributed by atoms with Crippen LogP contribution < -0.4 is 4.74 Å². The van der Waals surface area contributed by atoms with Crippen LogP contribution in [-0.4, -0.2) is 36.0 Å². The number of carbonyl (C=O) groups is 1. The quantitative estimate of drug-likeness (QED) is 0.913. The van der Waals surface area contributed by atoms with Crippen molar-refractivity contribution < 1.29 is 9.53 Å². The van der Waals surface area contributed by atoms with Gasteiger partial charge in [0.1, 0.15) is 5.75 Å². The summed E-state index contributed by atoms with van der Waals surface area (Å²) in [4.78, 5) is 18.1. The standard InChI is InChI=1S/C16H20N2O2/c1-11-14(16(19)18-9-4-3-5-10-18)15-12(17-11)7-6-8-13(15)20-2/h6-8,17H,3-5,9-10H2,1-2H3. The van der Waals surface area contributed by atoms with E-state index in [1.165, 1.54) is 6.42 Å². The summed E-state index contributed by atoms with van der Waals surface area (Å²) in [6.07, 6.45) is 3.43. The molecule has 1 amide bonds. The summed E-state index contributed by atoms with van der Waals surface area (Å²) in [5, 5.41) is 0.906. The minimum Gasteiger partial charge on any atom is -0.496 e. The van der Waals surface area contributed by atoms with Crippen LogP contribution in [0.25, 0.3) is 10.9 Å². The molecule has 1 aliphatic rings. The van der Waals surface area contributed by atoms with Crippen LogP contribution in [0.15, 0.2) is 18.2 Å². The second-order valence-electron chi connectivity index (χ2n) is 5.36. The van der Waals surface area contributed by atoms with Crippen LogP contribution in [0.2, 0.25) is 0 Å². The number of fused-ring (bicyclic) bond motifs is 1. The number of aryl methyl sites for hydroxylation is 1. The summed E-state index contributed by atoms with van der Waals surface area (Å²) >= 11 is 0. The molecule has 1 saturated heterocycles. The van der Waals surface area contributed by atoms with E-state index in [-0.39, 0.29) is 5.91 Å². The third-order valence-corrected chi connectivity index (χ3v) is 4.05. The number of carbonyl (C=O) groups excluding carboxylic acids is 1. The Balaban J connectivity index is 2.10. The summed E-state index contributed by atoms with van der Waals surface area (Å²) in [5.74, 6) is 0.880. The maximum Gasteiger partial charge on any atom is 0.256 e. The highest BCUT2D eigenvalue weighted by Crippen LogP contribution is 2.32. The van der Waals surface area contributed by atoms with Crippen LogP contribution in [-0.2, 0) is 0 Å². The monoisotopic (exact) mass is 272 g/mol. The van der Waals surface area contributed by atoms with Crippen LogP contribution in [0.3, 0.4) is 0 Å². The zero-order chi connectivity index (χ0) is 14.1. The Kier molecular flexibility index (Phi) is 3.38. The number of rotatable bonds is 2. The van der Waals surface area contributed by atoms with Crippen LogP contribution in [0.5, 0.6) is 5.75 Å². The number of likely N-dealkylation sites (tertiary alicyclic amines) is 1. The number of ether oxygens (including phenoxy) is 1. The first-order chi connectivity index (χ1) is 9.72. The number of nitrogens with zero attached hydrogens (tertiary/aromatic N) is 1. The van der Waals surface area contributed by atoms with Gasteiger partial charge in [-0.3, -0.25) is 4.79 Å². The van der Waals surface area contributed by atoms with Crippen LogP contribution in [0.4, 0.5) is 0 Å². The molecule has 1 N–H and O–H groups in total. The largest absolute Gasteiger partial charge is 0.496 e. The summed E-state index contributed by atoms with van der Waals surface area (Å²) in [6, 6.07) is 5.83. The van der Waals surface area contributed by atoms with Gasteiger partial charge in [0.2, 0.25) is 0 Å². The van der Waals surface area contributed by atoms with Gasteiger partial charge in [-0.05, 0) is 38.3 Å². The summed E-state index contributed by atoms with van der Waals surface area (Å²) in [7, 11) is 1.65. The molecule has 0 atom stereocenters. The van der Waals surface area contributed by atoms with E-state index >= 15 is 0 Å². The molecule has 0 aliphatic carbocycles. The lowest BCUT2D eigenvalue weighted by atomic mass is 10.1. The van der Waals surface area contributed by atoms with Crippen molar-refractivity contribution in [3.05, 3.63) is 29.5 Å². The molecule has 0 spiro atoms. The van der Waals surface area contributed by atoms with Gasteiger partial charge in [0.05, 0.1) is 23.6 Å². The number of aromatic amines is 1. The molecule has 4 heteroatoms. The lowest BCUT2D eigenvalue weighted by Crippen LogP contribution is -2.35. The second kappa shape index (κ2) is 5.19. The Labute approximate surface area is 118 Å². The van der Waals surface area contributed by atoms with Crippen molar-refractivity contribution in [2.24, 2.45) is 0 Å². The first-order valence-corrected chi connectivity index (χ1v) is 7.17. The molecular weight excluding hydrogens is 252 g/mol. The van der Waals surface area contributed by atoms with E-state index in [0.29, 0.717) is 0 Å². The van der Waals surface area contributed by atoms with Crippen molar-refractivity contribution >= 4 is 16.8 Å². The lowest BCUT2D eigenvalue weighted by Gasteiger charge is -2.27. The average molecular weight is 272 g/mol. The fourth-order valence-corrected chi connectivity index (χ4v) is 3.04. The molecule has 3 rings (SSSR count). The van der Waals surface area contributed by atoms with Gasteiger partial charge >= 0.3 is 0 Å². The maximum atomic E-state index is 12.8. The number of benzene rings is 1. The highest BCUT2D eigenvalue weighted by atomic mass is 16.5. The van der Waals surface area contributed by atoms with Gasteiger partial charge in [0.15, 0.2) is 0 Å². The van der Waals surface area contributed by atoms with Crippen molar-refractivity contribution in [1.29, 1.82) is 0 Å². The number of H-pyrrole nitrogens is 1. The van der Waals surface area contributed by atoms with Crippen molar-refractivity contribution in [1.82, 2.24) is 9.88 Å². The van der Waals surface area contributed by atoms with Gasteiger partial charge < -0.3 is 14.6 Å². The number of piperidine rings is 1. The number of hydrogen-bond donors (Lipinski definition) is 1. The van der Waals surface area contributed by atoms with Gasteiger partial charge in [0, 0.05) is 18.8 Å². The summed E-state index contributed by atoms with van der Waals surface area (Å²) in [5.41, 5.74) is 2.64. The average Bonchev–Trinajstić information content (AvgIpc) is 2.83. The van der Waals surface area contributed by atoms with E-state index in [1.807, 2.05) is 30.0 Å². The van der Waals surface area contributed by atoms with Gasteiger partial charge in [-0.1, -0.05) is 6.07 Å². The molecule has 1 fully saturated rings. The number of hydrogen-bond acceptors (Lipinski definition) is 2. The zero-order valence-corrected chi connectivity index (χ0v) is 12.0. The molecule has 1 aliphatic heterocycles. The normalized spacial score (nSPS) is 15.6. The summed E-state index contributed by atoms with van der Waals surface area (Å²) < 4.78 is 5.43. The fraction of sp³-hybridized carbons (Fsp3) is 0.438. The number of amides is 1. The molecule has 0 radical (unpaired) electrons. The van der Waals surface area contributed by atoms with Gasteiger partial charge in [-0.15, -0.1) is 0 Å². The molecule has 0 unspecified atom stereocenters. The maximum absolute atomic E-state index is 12.8. The van der Waals surface area contributed by atoms with Crippen molar-refractivity contribution in [2.75, 3.05) is 20.2 Å². The molecule has 0 bridgehead atoms. The number of aromatic nitrogens is 1. The zero-order valence-electron chi connectivity index (χ0n) is 12.0. The Morgan fingerprint density at radius 3 is 2.70 bits per heavy atom. The molecule has 2 aromatic rings. The second-order valence-corrected chi connectivity index (χ2v) is 5.36. The van der Waals surface area contributed by atoms with E-state index < -0.39 is 0 Å². The van der Waals surface area contributed by atoms with Crippen molar-refractivity contribution in [2.45, 2.75) is 26.2 Å². The Hall–Kier alpha value is -1.97. The third-order valence-electron chi connectivity index (χ3n) is 4.05. The van der Waals surface area contributed by atoms with E-state index in [4.69, 9.17) is 4.74 Å². The highest BCUT2D eigenvalue weighted by molar-refractivity contribution is 6.10. The Bertz CT molecular complexity index is 639. The molecule has 4 nitrogen and oxygen atoms in total. The van der Waals surface area contributed by atoms with E-state index in [0.717, 1.165) is 53.8 Å². The fourth-order valence-electron chi connectivity index (χ4n) is 3.04. The number of methoxy groups -OCH3 is 1. The molecule has 2 heterocycles. The van der Waals surface area contributed by atoms with Crippen LogP contribution in [0, 0.1) is 6.92 Å². The topological polar surface area (TPSA) is 45.3 Å². The predicted octanol–water partition coefficient (Wildman–Crippen LogP) is 3.11. The SMILES string of the molecule is COc1cccc2[nH]c(C)c(C(=O)N3CCCCC3)c12. The predicted molar refractivity (Wildman–Crippen MR) is 79.3 cm³/mol. The van der Waals surface area contributed by atoms with E-state index in [2.05, 4.69) is 4.98 Å². The molecule has 0 saturated carbocycles. The van der Waals surface area contributed by atoms with Gasteiger partial charge in [-0.25, -0.2) is 0 Å². The number of nitrogens with one attached hydrogen (secondary N) is 1. The molecule has 1 aromatic carbocycles. The molecule has 1 aromatic heterocycles. The third kappa shape index (κ3) is 2.05. The minimum atomic E-state index is 0.123. The molecule has 20 heavy (non-hydrogen) atoms. The summed E-state index contributed by atoms with van der Waals surface area (Å²) in [6.45, 7) is 3.68. The molecular formula is C16H20N2O2. The van der Waals surface area contributed by atoms with Gasteiger partial charge in [-0.2, -0.15) is 0 Å². The van der Waals surface area contributed by atoms with Gasteiger partial charge in [0.25, 0.3) is 5.91 Å². The van der Waals surface area contributed by atoms with E-state index in [9.17, 15) is 4.79 Å². The highest BCUT2D eigenvalue weighted by Gasteiger charge is 2.24. The lowest BCUT2D eigenvalue weighted by molar-refractivity contribution is 0.0725. The first-order valence-electron chi connectivity index (χ1n) is 7.17. The first kappa shape index (κ1) is 13.0. The Morgan fingerprint density at radius 2 is 2.00 bits per heavy atom. The van der Waals surface area contributed by atoms with Crippen molar-refractivity contribution in [3.63, 3.8) is 0 Å². The van der Waals surface area contributed by atoms with Crippen LogP contribution in [0.1, 0.15) is 35.3 Å². The minimum absolute atomic E-state index is 0.123. The van der Waals surface area contributed by atoms with E-state index in [1.54, 1.807) is 7.11 Å². The molecule has 106 valence electrons. The van der Waals surface area contributed by atoms with Crippen molar-refractivity contribution in [3.8, 4) is 5.75 Å². The smallest absolute Gasteiger partial charge is 0.256 e. The van der Waals surface area contributed by atoms with Crippen LogP contribution >= 0.6 is 0 Å².